The van der Waals surface area contributed by atoms with Crippen LogP contribution in [0.25, 0.3) is 0 Å². The highest BCUT2D eigenvalue weighted by Gasteiger charge is 2.76. The van der Waals surface area contributed by atoms with Crippen LogP contribution in [-0.2, 0) is 33.3 Å². The normalized spacial score (nSPS) is 39.7. The van der Waals surface area contributed by atoms with Crippen LogP contribution in [0, 0.1) is 22.2 Å². The van der Waals surface area contributed by atoms with Gasteiger partial charge in [0, 0.05) is 36.5 Å². The number of aliphatic hydroxyl groups excluding tert-OH is 2. The Bertz CT molecular complexity index is 1370. The molecular weight excluding hydrogens is 560 g/mol. The smallest absolute Gasteiger partial charge is 0.338 e. The van der Waals surface area contributed by atoms with Gasteiger partial charge < -0.3 is 34.3 Å². The first-order valence-electron chi connectivity index (χ1n) is 14.5. The average Bonchev–Trinajstić information content (AvgIpc) is 2.95. The van der Waals surface area contributed by atoms with Gasteiger partial charge in [-0.2, -0.15) is 0 Å². The quantitative estimate of drug-likeness (QED) is 0.257. The van der Waals surface area contributed by atoms with Crippen molar-refractivity contribution < 1.29 is 53.4 Å². The summed E-state index contributed by atoms with van der Waals surface area (Å²) in [6.45, 7) is 7.50. The molecule has 3 aliphatic carbocycles. The van der Waals surface area contributed by atoms with Gasteiger partial charge in [0.05, 0.1) is 49.4 Å². The molecule has 2 bridgehead atoms. The summed E-state index contributed by atoms with van der Waals surface area (Å²) in [5.41, 5.74) is -5.82. The lowest BCUT2D eigenvalue weighted by molar-refractivity contribution is -0.320. The summed E-state index contributed by atoms with van der Waals surface area (Å²) < 4.78 is 22.8. The molecule has 234 valence electrons. The van der Waals surface area contributed by atoms with Crippen molar-refractivity contribution in [3.63, 3.8) is 0 Å². The monoisotopic (exact) mass is 600 g/mol. The summed E-state index contributed by atoms with van der Waals surface area (Å²) in [6.07, 6.45) is -7.13. The van der Waals surface area contributed by atoms with E-state index in [1.54, 1.807) is 51.1 Å². The van der Waals surface area contributed by atoms with Crippen LogP contribution in [0.4, 0.5) is 0 Å². The van der Waals surface area contributed by atoms with E-state index in [9.17, 15) is 34.5 Å². The molecule has 1 heterocycles. The third-order valence-electron chi connectivity index (χ3n) is 10.8. The van der Waals surface area contributed by atoms with Crippen molar-refractivity contribution in [1.82, 2.24) is 0 Å². The Morgan fingerprint density at radius 2 is 1.72 bits per heavy atom. The summed E-state index contributed by atoms with van der Waals surface area (Å²) in [5.74, 6) is -4.10. The molecule has 1 aromatic rings. The molecule has 5 rings (SSSR count). The highest BCUT2D eigenvalue weighted by Crippen LogP contribution is 2.67. The van der Waals surface area contributed by atoms with Gasteiger partial charge in [0.25, 0.3) is 0 Å². The maximum absolute atomic E-state index is 14.9. The zero-order valence-electron chi connectivity index (χ0n) is 25.3. The van der Waals surface area contributed by atoms with E-state index in [0.717, 1.165) is 6.92 Å². The SMILES string of the molecule is COC(=O)C[C@@]12CO[C@@H]1C[C@H](O)[C@@]1(C)C(=O)[C@H](OC(C)=O)C3=C(C)C(O)C[C@@](O)(C(OC(=O)c4ccccc4)C21)C3(C)C. The summed E-state index contributed by atoms with van der Waals surface area (Å²) in [5, 5.41) is 36.0. The lowest BCUT2D eigenvalue weighted by Gasteiger charge is -2.68. The standard InChI is InChI=1S/C32H40O11/c1-16-19(34)13-32(39)27(43-28(38)18-10-8-7-9-11-18)25-30(5,26(37)24(42-17(2)33)23(16)29(32,3)4)20(35)12-21-31(25,15-41-21)14-22(36)40-6/h7-11,19-21,24-25,27,34-35,39H,12-15H2,1-6H3/t19?,20-,21+,24+,25?,27?,30+,31+,32+/m0/s1. The van der Waals surface area contributed by atoms with Crippen LogP contribution in [0.5, 0.6) is 0 Å². The van der Waals surface area contributed by atoms with Crippen LogP contribution in [0.15, 0.2) is 41.5 Å². The van der Waals surface area contributed by atoms with Crippen LogP contribution >= 0.6 is 0 Å². The maximum Gasteiger partial charge on any atom is 0.338 e. The van der Waals surface area contributed by atoms with E-state index >= 15 is 0 Å². The number of aliphatic hydroxyl groups is 3. The molecule has 11 heteroatoms. The second-order valence-electron chi connectivity index (χ2n) is 13.2. The van der Waals surface area contributed by atoms with Gasteiger partial charge in [0.2, 0.25) is 0 Å². The number of carbonyl (C=O) groups excluding carboxylic acids is 4. The third kappa shape index (κ3) is 4.38. The van der Waals surface area contributed by atoms with E-state index in [2.05, 4.69) is 0 Å². The predicted molar refractivity (Wildman–Crippen MR) is 149 cm³/mol. The van der Waals surface area contributed by atoms with Crippen molar-refractivity contribution in [1.29, 1.82) is 0 Å². The number of ketones is 1. The number of methoxy groups -OCH3 is 1. The van der Waals surface area contributed by atoms with Gasteiger partial charge >= 0.3 is 17.9 Å². The fraction of sp³-hybridized carbons (Fsp3) is 0.625. The van der Waals surface area contributed by atoms with Gasteiger partial charge in [0.15, 0.2) is 11.9 Å². The summed E-state index contributed by atoms with van der Waals surface area (Å²) in [6, 6.07) is 8.12. The summed E-state index contributed by atoms with van der Waals surface area (Å²) in [7, 11) is 1.23. The first kappa shape index (κ1) is 31.3. The van der Waals surface area contributed by atoms with E-state index in [-0.39, 0.29) is 37.0 Å². The molecule has 9 atom stereocenters. The van der Waals surface area contributed by atoms with Crippen LogP contribution < -0.4 is 0 Å². The van der Waals surface area contributed by atoms with Crippen molar-refractivity contribution >= 4 is 23.7 Å². The van der Waals surface area contributed by atoms with Crippen molar-refractivity contribution in [2.75, 3.05) is 13.7 Å². The fourth-order valence-corrected chi connectivity index (χ4v) is 8.31. The molecule has 4 aliphatic rings. The molecular formula is C32H40O11. The lowest BCUT2D eigenvalue weighted by atomic mass is 9.41. The molecule has 1 aliphatic heterocycles. The Labute approximate surface area is 250 Å². The molecule has 0 spiro atoms. The van der Waals surface area contributed by atoms with Crippen molar-refractivity contribution in [2.24, 2.45) is 22.2 Å². The fourth-order valence-electron chi connectivity index (χ4n) is 8.31. The Morgan fingerprint density at radius 3 is 2.28 bits per heavy atom. The molecule has 43 heavy (non-hydrogen) atoms. The second-order valence-corrected chi connectivity index (χ2v) is 13.2. The minimum Gasteiger partial charge on any atom is -0.469 e. The number of benzene rings is 1. The molecule has 0 radical (unpaired) electrons. The molecule has 1 saturated heterocycles. The van der Waals surface area contributed by atoms with Crippen LogP contribution in [-0.4, -0.2) is 88.8 Å². The van der Waals surface area contributed by atoms with Gasteiger partial charge in [-0.25, -0.2) is 4.79 Å². The highest BCUT2D eigenvalue weighted by atomic mass is 16.6. The van der Waals surface area contributed by atoms with E-state index < -0.39 is 82.0 Å². The number of fused-ring (bicyclic) bond motifs is 5. The van der Waals surface area contributed by atoms with Gasteiger partial charge in [0.1, 0.15) is 11.7 Å². The minimum atomic E-state index is -2.07. The Kier molecular flexibility index (Phi) is 7.65. The molecule has 3 fully saturated rings. The maximum atomic E-state index is 14.9. The van der Waals surface area contributed by atoms with Crippen LogP contribution in [0.2, 0.25) is 0 Å². The van der Waals surface area contributed by atoms with E-state index in [0.29, 0.717) is 5.57 Å². The number of hydrogen-bond donors (Lipinski definition) is 3. The number of carbonyl (C=O) groups is 4. The Balaban J connectivity index is 1.84. The molecule has 11 nitrogen and oxygen atoms in total. The molecule has 3 N–H and O–H groups in total. The number of rotatable bonds is 5. The van der Waals surface area contributed by atoms with Gasteiger partial charge in [-0.1, -0.05) is 32.0 Å². The van der Waals surface area contributed by atoms with Crippen molar-refractivity contribution in [2.45, 2.75) is 90.0 Å². The zero-order chi connectivity index (χ0) is 31.7. The topological polar surface area (TPSA) is 166 Å². The lowest BCUT2D eigenvalue weighted by Crippen LogP contribution is -2.78. The van der Waals surface area contributed by atoms with Crippen molar-refractivity contribution in [3.05, 3.63) is 47.0 Å². The number of esters is 3. The number of ether oxygens (including phenoxy) is 4. The first-order valence-corrected chi connectivity index (χ1v) is 14.5. The van der Waals surface area contributed by atoms with E-state index in [1.165, 1.54) is 14.0 Å². The Morgan fingerprint density at radius 1 is 1.07 bits per heavy atom. The third-order valence-corrected chi connectivity index (χ3v) is 10.8. The number of hydrogen-bond acceptors (Lipinski definition) is 11. The largest absolute Gasteiger partial charge is 0.469 e. The second kappa shape index (κ2) is 10.5. The average molecular weight is 601 g/mol. The Hall–Kier alpha value is -3.12. The van der Waals surface area contributed by atoms with Gasteiger partial charge in [-0.05, 0) is 37.1 Å². The van der Waals surface area contributed by atoms with E-state index in [4.69, 9.17) is 18.9 Å². The molecule has 0 aromatic heterocycles. The van der Waals surface area contributed by atoms with E-state index in [1.807, 2.05) is 0 Å². The van der Waals surface area contributed by atoms with Crippen LogP contribution in [0.3, 0.4) is 0 Å². The minimum absolute atomic E-state index is 0.0373. The van der Waals surface area contributed by atoms with Crippen molar-refractivity contribution in [3.8, 4) is 0 Å². The van der Waals surface area contributed by atoms with Gasteiger partial charge in [-0.15, -0.1) is 0 Å². The summed E-state index contributed by atoms with van der Waals surface area (Å²) >= 11 is 0. The molecule has 2 saturated carbocycles. The predicted octanol–water partition coefficient (Wildman–Crippen LogP) is 1.90. The zero-order valence-corrected chi connectivity index (χ0v) is 25.3. The van der Waals surface area contributed by atoms with Gasteiger partial charge in [-0.3, -0.25) is 14.4 Å². The molecule has 1 aromatic carbocycles. The molecule has 0 amide bonds. The number of Topliss-reactive ketones (excluding diaryl/α,β-unsaturated/α-hetero) is 1. The summed E-state index contributed by atoms with van der Waals surface area (Å²) in [4.78, 5) is 54.0. The van der Waals surface area contributed by atoms with Crippen LogP contribution in [0.1, 0.15) is 64.2 Å². The molecule has 3 unspecified atom stereocenters. The highest BCUT2D eigenvalue weighted by molar-refractivity contribution is 5.95. The first-order chi connectivity index (χ1) is 20.1.